The maximum atomic E-state index is 12.8. The van der Waals surface area contributed by atoms with Gasteiger partial charge in [-0.05, 0) is 25.1 Å². The van der Waals surface area contributed by atoms with E-state index in [1.165, 1.54) is 41.9 Å². The predicted molar refractivity (Wildman–Crippen MR) is 122 cm³/mol. The van der Waals surface area contributed by atoms with Crippen molar-refractivity contribution in [2.45, 2.75) is 11.8 Å². The van der Waals surface area contributed by atoms with E-state index in [9.17, 15) is 13.2 Å². The van der Waals surface area contributed by atoms with Crippen LogP contribution >= 0.6 is 11.3 Å². The van der Waals surface area contributed by atoms with Crippen molar-refractivity contribution in [1.29, 1.82) is 0 Å². The van der Waals surface area contributed by atoms with Crippen molar-refractivity contribution in [2.24, 2.45) is 0 Å². The third-order valence-corrected chi connectivity index (χ3v) is 6.57. The Morgan fingerprint density at radius 2 is 1.74 bits per heavy atom. The van der Waals surface area contributed by atoms with Gasteiger partial charge in [0, 0.05) is 17.1 Å². The van der Waals surface area contributed by atoms with Crippen molar-refractivity contribution in [1.82, 2.24) is 9.97 Å². The molecule has 0 atom stereocenters. The minimum atomic E-state index is -3.87. The number of pyridine rings is 1. The second kappa shape index (κ2) is 8.66. The molecule has 0 aliphatic heterocycles. The number of carbonyl (C=O) groups excluding carboxylic acids is 1. The van der Waals surface area contributed by atoms with Gasteiger partial charge < -0.3 is 0 Å². The molecule has 4 aromatic rings. The van der Waals surface area contributed by atoms with E-state index in [1.807, 2.05) is 42.6 Å². The number of hydrogen-bond acceptors (Lipinski definition) is 6. The highest BCUT2D eigenvalue weighted by molar-refractivity contribution is 7.92. The van der Waals surface area contributed by atoms with Gasteiger partial charge in [0.25, 0.3) is 15.9 Å². The Morgan fingerprint density at radius 1 is 1.00 bits per heavy atom. The highest BCUT2D eigenvalue weighted by Gasteiger charge is 2.20. The zero-order valence-corrected chi connectivity index (χ0v) is 18.1. The largest absolute Gasteiger partial charge is 0.298 e. The topological polar surface area (TPSA) is 101 Å². The lowest BCUT2D eigenvalue weighted by atomic mass is 10.2. The highest BCUT2D eigenvalue weighted by atomic mass is 32.2. The number of carbonyl (C=O) groups is 1. The Hall–Kier alpha value is -3.56. The number of nitrogens with one attached hydrogen (secondary N) is 2. The van der Waals surface area contributed by atoms with Gasteiger partial charge in [0.1, 0.15) is 0 Å². The summed E-state index contributed by atoms with van der Waals surface area (Å²) in [6.07, 6.45) is 2.73. The molecule has 2 aromatic heterocycles. The van der Waals surface area contributed by atoms with Crippen molar-refractivity contribution in [3.8, 4) is 11.3 Å². The van der Waals surface area contributed by atoms with Crippen LogP contribution < -0.4 is 10.0 Å². The van der Waals surface area contributed by atoms with Crippen molar-refractivity contribution in [3.63, 3.8) is 0 Å². The van der Waals surface area contributed by atoms with Crippen LogP contribution in [0.2, 0.25) is 0 Å². The SMILES string of the molecule is Cc1ccc(S(=O)(=O)Nc2cnccc2C(=O)Nc2nc(-c3ccccc3)cs2)cc1. The van der Waals surface area contributed by atoms with Gasteiger partial charge in [0.05, 0.1) is 28.0 Å². The number of sulfonamides is 1. The van der Waals surface area contributed by atoms with Crippen LogP contribution in [0, 0.1) is 6.92 Å². The van der Waals surface area contributed by atoms with Crippen LogP contribution in [0.15, 0.2) is 83.3 Å². The number of anilines is 2. The maximum Gasteiger partial charge on any atom is 0.261 e. The molecule has 0 fully saturated rings. The van der Waals surface area contributed by atoms with Gasteiger partial charge in [-0.3, -0.25) is 19.8 Å². The number of amides is 1. The molecule has 156 valence electrons. The molecule has 0 spiro atoms. The molecular weight excluding hydrogens is 432 g/mol. The van der Waals surface area contributed by atoms with Gasteiger partial charge in [-0.15, -0.1) is 11.3 Å². The van der Waals surface area contributed by atoms with E-state index in [0.29, 0.717) is 5.13 Å². The Labute approximate surface area is 183 Å². The third-order valence-electron chi connectivity index (χ3n) is 4.44. The summed E-state index contributed by atoms with van der Waals surface area (Å²) in [7, 11) is -3.87. The lowest BCUT2D eigenvalue weighted by Gasteiger charge is -2.12. The number of aryl methyl sites for hydroxylation is 1. The lowest BCUT2D eigenvalue weighted by molar-refractivity contribution is 0.102. The molecule has 31 heavy (non-hydrogen) atoms. The summed E-state index contributed by atoms with van der Waals surface area (Å²) in [5.41, 5.74) is 2.85. The zero-order chi connectivity index (χ0) is 21.8. The van der Waals surface area contributed by atoms with Crippen LogP contribution in [-0.2, 0) is 10.0 Å². The molecular formula is C22H18N4O3S2. The molecule has 0 saturated carbocycles. The van der Waals surface area contributed by atoms with Gasteiger partial charge in [0.15, 0.2) is 5.13 Å². The zero-order valence-electron chi connectivity index (χ0n) is 16.4. The maximum absolute atomic E-state index is 12.8. The van der Waals surface area contributed by atoms with Crippen LogP contribution in [0.5, 0.6) is 0 Å². The Balaban J connectivity index is 1.55. The molecule has 1 amide bonds. The van der Waals surface area contributed by atoms with Gasteiger partial charge >= 0.3 is 0 Å². The summed E-state index contributed by atoms with van der Waals surface area (Å²) >= 11 is 1.29. The van der Waals surface area contributed by atoms with Gasteiger partial charge in [-0.1, -0.05) is 48.0 Å². The molecule has 0 aliphatic carbocycles. The molecule has 0 bridgehead atoms. The van der Waals surface area contributed by atoms with Crippen LogP contribution in [0.3, 0.4) is 0 Å². The Kier molecular flexibility index (Phi) is 5.79. The van der Waals surface area contributed by atoms with E-state index in [4.69, 9.17) is 0 Å². The number of rotatable bonds is 6. The average molecular weight is 451 g/mol. The fourth-order valence-electron chi connectivity index (χ4n) is 2.83. The summed E-state index contributed by atoms with van der Waals surface area (Å²) in [4.78, 5) is 21.3. The summed E-state index contributed by atoms with van der Waals surface area (Å²) in [6.45, 7) is 1.87. The molecule has 0 unspecified atom stereocenters. The number of nitrogens with zero attached hydrogens (tertiary/aromatic N) is 2. The number of hydrogen-bond donors (Lipinski definition) is 2. The average Bonchev–Trinajstić information content (AvgIpc) is 3.23. The smallest absolute Gasteiger partial charge is 0.261 e. The molecule has 0 radical (unpaired) electrons. The molecule has 7 nitrogen and oxygen atoms in total. The Bertz CT molecular complexity index is 1320. The van der Waals surface area contributed by atoms with Crippen molar-refractivity contribution in [2.75, 3.05) is 10.0 Å². The molecule has 2 aromatic carbocycles. The number of thiazole rings is 1. The van der Waals surface area contributed by atoms with Crippen LogP contribution in [0.4, 0.5) is 10.8 Å². The molecule has 2 heterocycles. The van der Waals surface area contributed by atoms with Crippen LogP contribution in [0.1, 0.15) is 15.9 Å². The standard InChI is InChI=1S/C22H18N4O3S2/c1-15-7-9-17(10-8-15)31(28,29)26-19-13-23-12-11-18(19)21(27)25-22-24-20(14-30-22)16-5-3-2-4-6-16/h2-14,26H,1H3,(H,24,25,27). The monoisotopic (exact) mass is 450 g/mol. The van der Waals surface area contributed by atoms with E-state index in [1.54, 1.807) is 12.1 Å². The summed E-state index contributed by atoms with van der Waals surface area (Å²) < 4.78 is 27.9. The Morgan fingerprint density at radius 3 is 2.48 bits per heavy atom. The van der Waals surface area contributed by atoms with Crippen molar-refractivity contribution < 1.29 is 13.2 Å². The minimum absolute atomic E-state index is 0.0837. The molecule has 9 heteroatoms. The highest BCUT2D eigenvalue weighted by Crippen LogP contribution is 2.26. The fourth-order valence-corrected chi connectivity index (χ4v) is 4.61. The lowest BCUT2D eigenvalue weighted by Crippen LogP contribution is -2.19. The van der Waals surface area contributed by atoms with E-state index in [2.05, 4.69) is 20.0 Å². The quantitative estimate of drug-likeness (QED) is 0.448. The third kappa shape index (κ3) is 4.79. The van der Waals surface area contributed by atoms with Gasteiger partial charge in [-0.25, -0.2) is 13.4 Å². The van der Waals surface area contributed by atoms with Gasteiger partial charge in [-0.2, -0.15) is 0 Å². The normalized spacial score (nSPS) is 11.1. The first kappa shape index (κ1) is 20.7. The fraction of sp³-hybridized carbons (Fsp3) is 0.0455. The molecule has 0 saturated heterocycles. The summed E-state index contributed by atoms with van der Waals surface area (Å²) in [5, 5.41) is 4.98. The minimum Gasteiger partial charge on any atom is -0.298 e. The number of aromatic nitrogens is 2. The second-order valence-electron chi connectivity index (χ2n) is 6.70. The first-order valence-corrected chi connectivity index (χ1v) is 11.6. The molecule has 4 rings (SSSR count). The summed E-state index contributed by atoms with van der Waals surface area (Å²) in [6, 6.07) is 17.5. The van der Waals surface area contributed by atoms with E-state index in [-0.39, 0.29) is 16.1 Å². The molecule has 2 N–H and O–H groups in total. The van der Waals surface area contributed by atoms with E-state index in [0.717, 1.165) is 16.8 Å². The predicted octanol–water partition coefficient (Wildman–Crippen LogP) is 4.57. The molecule has 0 aliphatic rings. The van der Waals surface area contributed by atoms with Crippen LogP contribution in [0.25, 0.3) is 11.3 Å². The van der Waals surface area contributed by atoms with E-state index >= 15 is 0 Å². The second-order valence-corrected chi connectivity index (χ2v) is 9.24. The number of benzene rings is 2. The first-order valence-electron chi connectivity index (χ1n) is 9.28. The van der Waals surface area contributed by atoms with Crippen molar-refractivity contribution in [3.05, 3.63) is 89.6 Å². The van der Waals surface area contributed by atoms with Crippen LogP contribution in [-0.4, -0.2) is 24.3 Å². The van der Waals surface area contributed by atoms with Gasteiger partial charge in [0.2, 0.25) is 0 Å². The summed E-state index contributed by atoms with van der Waals surface area (Å²) in [5.74, 6) is -0.488. The first-order chi connectivity index (χ1) is 14.9. The van der Waals surface area contributed by atoms with Crippen molar-refractivity contribution >= 4 is 38.1 Å². The van der Waals surface area contributed by atoms with E-state index < -0.39 is 15.9 Å².